The van der Waals surface area contributed by atoms with E-state index in [1.54, 1.807) is 6.07 Å². The fraction of sp³-hybridized carbons (Fsp3) is 0.167. The number of nitrogen functional groups attached to an aromatic ring is 1. The van der Waals surface area contributed by atoms with Crippen molar-refractivity contribution in [1.29, 1.82) is 0 Å². The quantitative estimate of drug-likeness (QED) is 0.717. The molecule has 3 aromatic rings. The molecule has 0 radical (unpaired) electrons. The number of aromatic nitrogens is 2. The summed E-state index contributed by atoms with van der Waals surface area (Å²) < 4.78 is 46.3. The van der Waals surface area contributed by atoms with Gasteiger partial charge in [-0.1, -0.05) is 30.3 Å². The van der Waals surface area contributed by atoms with Crippen molar-refractivity contribution in [2.45, 2.75) is 12.8 Å². The van der Waals surface area contributed by atoms with Crippen molar-refractivity contribution in [1.82, 2.24) is 9.78 Å². The van der Waals surface area contributed by atoms with Crippen LogP contribution >= 0.6 is 0 Å². The van der Waals surface area contributed by atoms with Crippen LogP contribution in [-0.4, -0.2) is 9.78 Å². The molecule has 0 spiro atoms. The van der Waals surface area contributed by atoms with Crippen LogP contribution in [0, 0.1) is 0 Å². The van der Waals surface area contributed by atoms with Crippen LogP contribution in [0.1, 0.15) is 11.3 Å². The maximum Gasteiger partial charge on any atom is 0.435 e. The lowest BCUT2D eigenvalue weighted by molar-refractivity contribution is -0.140. The minimum Gasteiger partial charge on any atom is -0.489 e. The molecule has 0 saturated carbocycles. The van der Waals surface area contributed by atoms with Crippen molar-refractivity contribution in [2.75, 3.05) is 5.73 Å². The van der Waals surface area contributed by atoms with Crippen LogP contribution < -0.4 is 10.5 Å². The van der Waals surface area contributed by atoms with Crippen molar-refractivity contribution >= 4 is 5.69 Å². The number of aryl methyl sites for hydroxylation is 1. The van der Waals surface area contributed by atoms with Crippen molar-refractivity contribution in [3.8, 4) is 16.9 Å². The summed E-state index contributed by atoms with van der Waals surface area (Å²) in [5.41, 5.74) is 6.43. The van der Waals surface area contributed by atoms with Gasteiger partial charge >= 0.3 is 6.18 Å². The second kappa shape index (κ2) is 6.51. The number of hydrogen-bond donors (Lipinski definition) is 1. The normalized spacial score (nSPS) is 11.5. The molecule has 0 aliphatic carbocycles. The largest absolute Gasteiger partial charge is 0.489 e. The monoisotopic (exact) mass is 347 g/mol. The Hall–Kier alpha value is -2.96. The second-order valence-corrected chi connectivity index (χ2v) is 5.63. The summed E-state index contributed by atoms with van der Waals surface area (Å²) in [6, 6.07) is 14.0. The van der Waals surface area contributed by atoms with E-state index in [4.69, 9.17) is 10.5 Å². The van der Waals surface area contributed by atoms with Gasteiger partial charge in [0.1, 0.15) is 12.4 Å². The van der Waals surface area contributed by atoms with E-state index in [1.807, 2.05) is 30.3 Å². The summed E-state index contributed by atoms with van der Waals surface area (Å²) in [7, 11) is 1.44. The molecule has 130 valence electrons. The number of hydrogen-bond acceptors (Lipinski definition) is 3. The average Bonchev–Trinajstić information content (AvgIpc) is 2.96. The first-order chi connectivity index (χ1) is 11.8. The minimum atomic E-state index is -4.55. The van der Waals surface area contributed by atoms with Crippen molar-refractivity contribution in [3.63, 3.8) is 0 Å². The summed E-state index contributed by atoms with van der Waals surface area (Å²) in [5.74, 6) is 0.399. The number of alkyl halides is 3. The number of halogens is 3. The van der Waals surface area contributed by atoms with Crippen LogP contribution in [0.3, 0.4) is 0 Å². The van der Waals surface area contributed by atoms with Crippen LogP contribution in [0.5, 0.6) is 5.75 Å². The van der Waals surface area contributed by atoms with Crippen molar-refractivity contribution in [3.05, 3.63) is 66.0 Å². The van der Waals surface area contributed by atoms with Gasteiger partial charge in [0.15, 0.2) is 5.69 Å². The first-order valence-corrected chi connectivity index (χ1v) is 7.51. The first kappa shape index (κ1) is 16.9. The predicted molar refractivity (Wildman–Crippen MR) is 88.8 cm³/mol. The minimum absolute atomic E-state index is 0.0353. The Kier molecular flexibility index (Phi) is 4.39. The summed E-state index contributed by atoms with van der Waals surface area (Å²) in [6.45, 7) is 0.295. The molecular weight excluding hydrogens is 331 g/mol. The molecule has 3 rings (SSSR count). The van der Waals surface area contributed by atoms with E-state index in [9.17, 15) is 13.2 Å². The number of benzene rings is 2. The van der Waals surface area contributed by atoms with Crippen LogP contribution in [-0.2, 0) is 19.8 Å². The van der Waals surface area contributed by atoms with E-state index < -0.39 is 11.9 Å². The Bertz CT molecular complexity index is 873. The highest BCUT2D eigenvalue weighted by molar-refractivity contribution is 5.71. The van der Waals surface area contributed by atoms with Gasteiger partial charge in [0.05, 0.1) is 0 Å². The number of anilines is 1. The highest BCUT2D eigenvalue weighted by atomic mass is 19.4. The Morgan fingerprint density at radius 1 is 1.12 bits per heavy atom. The van der Waals surface area contributed by atoms with E-state index in [0.717, 1.165) is 10.2 Å². The number of nitrogens with two attached hydrogens (primary N) is 1. The lowest BCUT2D eigenvalue weighted by atomic mass is 10.0. The van der Waals surface area contributed by atoms with Crippen molar-refractivity contribution in [2.24, 2.45) is 7.05 Å². The molecule has 0 aliphatic heterocycles. The Labute approximate surface area is 142 Å². The zero-order chi connectivity index (χ0) is 18.0. The lowest BCUT2D eigenvalue weighted by Crippen LogP contribution is -2.08. The highest BCUT2D eigenvalue weighted by Crippen LogP contribution is 2.37. The molecule has 2 N–H and O–H groups in total. The highest BCUT2D eigenvalue weighted by Gasteiger charge is 2.37. The third-order valence-corrected chi connectivity index (χ3v) is 3.59. The standard InChI is InChI=1S/C18H16F3N3O/c1-24-10-16(17(23-24)18(19,20)21)13-7-14(22)9-15(8-13)25-11-12-5-3-2-4-6-12/h2-10H,11,22H2,1H3. The molecule has 0 unspecified atom stereocenters. The SMILES string of the molecule is Cn1cc(-c2cc(N)cc(OCc3ccccc3)c2)c(C(F)(F)F)n1. The first-order valence-electron chi connectivity index (χ1n) is 7.51. The van der Waals surface area contributed by atoms with Gasteiger partial charge in [-0.05, 0) is 23.3 Å². The average molecular weight is 347 g/mol. The summed E-state index contributed by atoms with van der Waals surface area (Å²) >= 11 is 0. The summed E-state index contributed by atoms with van der Waals surface area (Å²) in [6.07, 6.45) is -3.23. The van der Waals surface area contributed by atoms with Gasteiger partial charge in [-0.25, -0.2) is 0 Å². The molecule has 0 aliphatic rings. The second-order valence-electron chi connectivity index (χ2n) is 5.63. The summed E-state index contributed by atoms with van der Waals surface area (Å²) in [5, 5.41) is 3.52. The summed E-state index contributed by atoms with van der Waals surface area (Å²) in [4.78, 5) is 0. The van der Waals surface area contributed by atoms with Crippen LogP contribution in [0.25, 0.3) is 11.1 Å². The van der Waals surface area contributed by atoms with Gasteiger partial charge in [-0.15, -0.1) is 0 Å². The molecule has 0 saturated heterocycles. The molecule has 0 amide bonds. The van der Waals surface area contributed by atoms with Gasteiger partial charge in [-0.3, -0.25) is 4.68 Å². The smallest absolute Gasteiger partial charge is 0.435 e. The molecule has 4 nitrogen and oxygen atoms in total. The van der Waals surface area contributed by atoms with Crippen LogP contribution in [0.15, 0.2) is 54.7 Å². The van der Waals surface area contributed by atoms with E-state index in [-0.39, 0.29) is 5.56 Å². The number of rotatable bonds is 4. The molecule has 0 bridgehead atoms. The number of nitrogens with zero attached hydrogens (tertiary/aromatic N) is 2. The van der Waals surface area contributed by atoms with E-state index in [2.05, 4.69) is 5.10 Å². The lowest BCUT2D eigenvalue weighted by Gasteiger charge is -2.11. The number of ether oxygens (including phenoxy) is 1. The maximum absolute atomic E-state index is 13.2. The van der Waals surface area contributed by atoms with Gasteiger partial charge in [0.25, 0.3) is 0 Å². The van der Waals surface area contributed by atoms with Gasteiger partial charge in [-0.2, -0.15) is 18.3 Å². The Morgan fingerprint density at radius 3 is 2.52 bits per heavy atom. The molecule has 0 fully saturated rings. The third-order valence-electron chi connectivity index (χ3n) is 3.59. The molecule has 0 atom stereocenters. The van der Waals surface area contributed by atoms with Crippen LogP contribution in [0.2, 0.25) is 0 Å². The topological polar surface area (TPSA) is 53.1 Å². The Balaban J connectivity index is 1.92. The predicted octanol–water partition coefficient (Wildman–Crippen LogP) is 4.27. The van der Waals surface area contributed by atoms with E-state index in [1.165, 1.54) is 25.4 Å². The molecular formula is C18H16F3N3O. The molecule has 7 heteroatoms. The van der Waals surface area contributed by atoms with Gasteiger partial charge in [0, 0.05) is 30.6 Å². The molecule has 25 heavy (non-hydrogen) atoms. The molecule has 2 aromatic carbocycles. The zero-order valence-electron chi connectivity index (χ0n) is 13.4. The van der Waals surface area contributed by atoms with Gasteiger partial charge < -0.3 is 10.5 Å². The zero-order valence-corrected chi connectivity index (χ0v) is 13.4. The van der Waals surface area contributed by atoms with E-state index >= 15 is 0 Å². The molecule has 1 heterocycles. The van der Waals surface area contributed by atoms with Gasteiger partial charge in [0.2, 0.25) is 0 Å². The van der Waals surface area contributed by atoms with Crippen LogP contribution in [0.4, 0.5) is 18.9 Å². The fourth-order valence-electron chi connectivity index (χ4n) is 2.51. The molecule has 1 aromatic heterocycles. The maximum atomic E-state index is 13.2. The van der Waals surface area contributed by atoms with E-state index in [0.29, 0.717) is 23.6 Å². The fourth-order valence-corrected chi connectivity index (χ4v) is 2.51. The van der Waals surface area contributed by atoms with Crippen molar-refractivity contribution < 1.29 is 17.9 Å². The third kappa shape index (κ3) is 3.93. The Morgan fingerprint density at radius 2 is 1.84 bits per heavy atom.